The van der Waals surface area contributed by atoms with Crippen LogP contribution in [0.15, 0.2) is 48.5 Å². The second kappa shape index (κ2) is 10.9. The number of carboxylic acids is 1. The van der Waals surface area contributed by atoms with Crippen LogP contribution in [0.2, 0.25) is 10.0 Å². The second-order valence-electron chi connectivity index (χ2n) is 9.79. The Hall–Kier alpha value is -2.12. The Morgan fingerprint density at radius 2 is 1.94 bits per heavy atom. The van der Waals surface area contributed by atoms with E-state index in [1.54, 1.807) is 6.92 Å². The van der Waals surface area contributed by atoms with Crippen LogP contribution in [0.3, 0.4) is 0 Å². The van der Waals surface area contributed by atoms with E-state index in [9.17, 15) is 14.7 Å². The van der Waals surface area contributed by atoms with Crippen molar-refractivity contribution < 1.29 is 19.4 Å². The molecule has 2 aromatic carbocycles. The molecule has 0 radical (unpaired) electrons. The number of nitrogens with zero attached hydrogens (tertiary/aromatic N) is 1. The molecule has 8 heteroatoms. The van der Waals surface area contributed by atoms with E-state index in [1.165, 1.54) is 0 Å². The summed E-state index contributed by atoms with van der Waals surface area (Å²) >= 11 is 12.6. The SMILES string of the molecule is CC[C@H]([C@H]1CNCCO1)N1C(=O)[C@@](C)(CC(=O)O)CC(c2cccc(Cl)c2)[C@H]1c1ccc(Cl)cc1. The molecule has 2 aliphatic rings. The minimum absolute atomic E-state index is 0.154. The number of carboxylic acid groups (broad SMARTS) is 1. The number of aliphatic carboxylic acids is 1. The predicted molar refractivity (Wildman–Crippen MR) is 137 cm³/mol. The van der Waals surface area contributed by atoms with Crippen LogP contribution < -0.4 is 5.32 Å². The third-order valence-electron chi connectivity index (χ3n) is 7.29. The first kappa shape index (κ1) is 26.0. The van der Waals surface area contributed by atoms with Gasteiger partial charge in [0.05, 0.1) is 36.6 Å². The number of amides is 1. The van der Waals surface area contributed by atoms with Crippen LogP contribution in [-0.4, -0.2) is 53.7 Å². The predicted octanol–water partition coefficient (Wildman–Crippen LogP) is 5.30. The van der Waals surface area contributed by atoms with E-state index in [-0.39, 0.29) is 36.4 Å². The molecular weight excluding hydrogens is 487 g/mol. The van der Waals surface area contributed by atoms with Crippen LogP contribution in [0.5, 0.6) is 0 Å². The van der Waals surface area contributed by atoms with Gasteiger partial charge < -0.3 is 20.1 Å². The molecule has 5 atom stereocenters. The van der Waals surface area contributed by atoms with Crippen molar-refractivity contribution in [3.63, 3.8) is 0 Å². The lowest BCUT2D eigenvalue weighted by atomic mass is 9.66. The van der Waals surface area contributed by atoms with Crippen molar-refractivity contribution in [2.45, 2.75) is 57.2 Å². The lowest BCUT2D eigenvalue weighted by molar-refractivity contribution is -0.165. The number of hydrogen-bond acceptors (Lipinski definition) is 4. The highest BCUT2D eigenvalue weighted by Crippen LogP contribution is 2.52. The zero-order chi connectivity index (χ0) is 25.2. The summed E-state index contributed by atoms with van der Waals surface area (Å²) in [5.74, 6) is -1.30. The van der Waals surface area contributed by atoms with Crippen molar-refractivity contribution in [1.82, 2.24) is 10.2 Å². The molecule has 0 aliphatic carbocycles. The van der Waals surface area contributed by atoms with Crippen molar-refractivity contribution in [1.29, 1.82) is 0 Å². The average Bonchev–Trinajstić information content (AvgIpc) is 2.83. The van der Waals surface area contributed by atoms with Gasteiger partial charge in [-0.3, -0.25) is 9.59 Å². The largest absolute Gasteiger partial charge is 0.481 e. The summed E-state index contributed by atoms with van der Waals surface area (Å²) in [5, 5.41) is 14.3. The smallest absolute Gasteiger partial charge is 0.304 e. The molecule has 0 aromatic heterocycles. The molecule has 4 rings (SSSR count). The van der Waals surface area contributed by atoms with E-state index in [0.717, 1.165) is 17.7 Å². The molecule has 1 unspecified atom stereocenters. The maximum Gasteiger partial charge on any atom is 0.304 e. The first-order chi connectivity index (χ1) is 16.7. The highest BCUT2D eigenvalue weighted by Gasteiger charge is 2.53. The van der Waals surface area contributed by atoms with Gasteiger partial charge >= 0.3 is 5.97 Å². The number of ether oxygens (including phenoxy) is 1. The number of carbonyl (C=O) groups is 2. The Labute approximate surface area is 216 Å². The number of piperidine rings is 1. The molecule has 2 aliphatic heterocycles. The number of likely N-dealkylation sites (tertiary alicyclic amines) is 1. The highest BCUT2D eigenvalue weighted by atomic mass is 35.5. The van der Waals surface area contributed by atoms with Crippen molar-refractivity contribution in [2.24, 2.45) is 5.41 Å². The first-order valence-electron chi connectivity index (χ1n) is 12.1. The van der Waals surface area contributed by atoms with E-state index in [1.807, 2.05) is 60.4 Å². The first-order valence-corrected chi connectivity index (χ1v) is 12.9. The van der Waals surface area contributed by atoms with Crippen molar-refractivity contribution in [3.8, 4) is 0 Å². The number of rotatable bonds is 7. The summed E-state index contributed by atoms with van der Waals surface area (Å²) in [6.45, 7) is 5.79. The van der Waals surface area contributed by atoms with Crippen LogP contribution in [0.25, 0.3) is 0 Å². The standard InChI is InChI=1S/C27H32Cl2N2O4/c1-3-22(23-16-30-11-12-35-23)31-25(17-7-9-19(28)10-8-17)21(18-5-4-6-20(29)13-18)14-27(2,26(31)34)15-24(32)33/h4-10,13,21-23,25,30H,3,11-12,14-16H2,1-2H3,(H,32,33)/t21?,22-,23-,25-,27-/m1/s1. The average molecular weight is 519 g/mol. The van der Waals surface area contributed by atoms with Crippen molar-refractivity contribution in [3.05, 3.63) is 69.7 Å². The monoisotopic (exact) mass is 518 g/mol. The van der Waals surface area contributed by atoms with Crippen LogP contribution in [0.1, 0.15) is 56.2 Å². The molecule has 0 bridgehead atoms. The topological polar surface area (TPSA) is 78.9 Å². The van der Waals surface area contributed by atoms with Gasteiger partial charge in [0.1, 0.15) is 0 Å². The third-order valence-corrected chi connectivity index (χ3v) is 7.78. The Morgan fingerprint density at radius 3 is 2.54 bits per heavy atom. The fraction of sp³-hybridized carbons (Fsp3) is 0.481. The van der Waals surface area contributed by atoms with Crippen molar-refractivity contribution >= 4 is 35.1 Å². The van der Waals surface area contributed by atoms with Gasteiger partial charge in [-0.2, -0.15) is 0 Å². The molecule has 0 saturated carbocycles. The molecule has 6 nitrogen and oxygen atoms in total. The molecule has 2 saturated heterocycles. The Balaban J connectivity index is 1.89. The zero-order valence-electron chi connectivity index (χ0n) is 20.0. The normalized spacial score (nSPS) is 28.1. The molecular formula is C27H32Cl2N2O4. The molecule has 1 amide bonds. The summed E-state index contributed by atoms with van der Waals surface area (Å²) in [6.07, 6.45) is 0.628. The fourth-order valence-electron chi connectivity index (χ4n) is 5.72. The molecule has 2 fully saturated rings. The van der Waals surface area contributed by atoms with E-state index >= 15 is 0 Å². The Kier molecular flexibility index (Phi) is 8.06. The summed E-state index contributed by atoms with van der Waals surface area (Å²) in [7, 11) is 0. The summed E-state index contributed by atoms with van der Waals surface area (Å²) in [4.78, 5) is 28.1. The molecule has 188 valence electrons. The lowest BCUT2D eigenvalue weighted by Crippen LogP contribution is -2.61. The van der Waals surface area contributed by atoms with Gasteiger partial charge in [0.15, 0.2) is 0 Å². The zero-order valence-corrected chi connectivity index (χ0v) is 21.6. The molecule has 2 aromatic rings. The van der Waals surface area contributed by atoms with Crippen LogP contribution in [-0.2, 0) is 14.3 Å². The highest BCUT2D eigenvalue weighted by molar-refractivity contribution is 6.30. The molecule has 35 heavy (non-hydrogen) atoms. The van der Waals surface area contributed by atoms with Gasteiger partial charge in [0, 0.05) is 29.1 Å². The van der Waals surface area contributed by atoms with Gasteiger partial charge in [-0.1, -0.05) is 61.3 Å². The van der Waals surface area contributed by atoms with Crippen LogP contribution in [0.4, 0.5) is 0 Å². The molecule has 2 heterocycles. The molecule has 2 N–H and O–H groups in total. The van der Waals surface area contributed by atoms with Gasteiger partial charge in [-0.05, 0) is 48.2 Å². The third kappa shape index (κ3) is 5.51. The minimum atomic E-state index is -1.07. The quantitative estimate of drug-likeness (QED) is 0.519. The number of halogens is 2. The Morgan fingerprint density at radius 1 is 1.20 bits per heavy atom. The maximum atomic E-state index is 14.3. The van der Waals surface area contributed by atoms with Gasteiger partial charge in [0.2, 0.25) is 5.91 Å². The number of morpholine rings is 1. The van der Waals surface area contributed by atoms with E-state index < -0.39 is 11.4 Å². The number of hydrogen-bond donors (Lipinski definition) is 2. The molecule has 0 spiro atoms. The summed E-state index contributed by atoms with van der Waals surface area (Å²) < 4.78 is 6.13. The number of benzene rings is 2. The van der Waals surface area contributed by atoms with E-state index in [0.29, 0.717) is 36.0 Å². The number of nitrogens with one attached hydrogen (secondary N) is 1. The fourth-order valence-corrected chi connectivity index (χ4v) is 6.04. The van der Waals surface area contributed by atoms with Crippen LogP contribution >= 0.6 is 23.2 Å². The minimum Gasteiger partial charge on any atom is -0.481 e. The van der Waals surface area contributed by atoms with Gasteiger partial charge in [0.25, 0.3) is 0 Å². The Bertz CT molecular complexity index is 1060. The summed E-state index contributed by atoms with van der Waals surface area (Å²) in [6, 6.07) is 14.7. The maximum absolute atomic E-state index is 14.3. The van der Waals surface area contributed by atoms with Gasteiger partial charge in [-0.15, -0.1) is 0 Å². The lowest BCUT2D eigenvalue weighted by Gasteiger charge is -2.53. The van der Waals surface area contributed by atoms with E-state index in [2.05, 4.69) is 5.32 Å². The van der Waals surface area contributed by atoms with Crippen molar-refractivity contribution in [2.75, 3.05) is 19.7 Å². The summed E-state index contributed by atoms with van der Waals surface area (Å²) in [5.41, 5.74) is 0.855. The van der Waals surface area contributed by atoms with E-state index in [4.69, 9.17) is 27.9 Å². The number of carbonyl (C=O) groups excluding carboxylic acids is 1. The second-order valence-corrected chi connectivity index (χ2v) is 10.7. The van der Waals surface area contributed by atoms with Gasteiger partial charge in [-0.25, -0.2) is 0 Å². The van der Waals surface area contributed by atoms with Crippen LogP contribution in [0, 0.1) is 5.41 Å².